The van der Waals surface area contributed by atoms with Crippen molar-refractivity contribution >= 4 is 39.1 Å². The standard InChI is InChI=1S/C20H22ClN3O2S/c1-24(2)17(14-7-3-4-8-15(14)21)11-22-19(25)12-26-13-20-23-16-9-5-6-10-18(16)27-20/h3-10,17H,11-13H2,1-2H3,(H,22,25). The number of halogens is 1. The SMILES string of the molecule is CN(C)C(CNC(=O)COCc1nc2ccccc2s1)c1ccccc1Cl. The molecule has 0 aliphatic heterocycles. The van der Waals surface area contributed by atoms with Gasteiger partial charge in [0.2, 0.25) is 5.91 Å². The molecule has 0 bridgehead atoms. The number of nitrogens with zero attached hydrogens (tertiary/aromatic N) is 2. The lowest BCUT2D eigenvalue weighted by Crippen LogP contribution is -2.36. The summed E-state index contributed by atoms with van der Waals surface area (Å²) in [5, 5.41) is 4.48. The van der Waals surface area contributed by atoms with Crippen LogP contribution in [0.1, 0.15) is 16.6 Å². The van der Waals surface area contributed by atoms with Gasteiger partial charge in [0.1, 0.15) is 11.6 Å². The number of para-hydroxylation sites is 1. The van der Waals surface area contributed by atoms with Crippen molar-refractivity contribution in [1.82, 2.24) is 15.2 Å². The Balaban J connectivity index is 1.49. The van der Waals surface area contributed by atoms with Gasteiger partial charge in [-0.1, -0.05) is 41.9 Å². The third-order valence-corrected chi connectivity index (χ3v) is 5.53. The van der Waals surface area contributed by atoms with Crippen LogP contribution >= 0.6 is 22.9 Å². The molecule has 1 heterocycles. The number of aromatic nitrogens is 1. The van der Waals surface area contributed by atoms with Crippen LogP contribution < -0.4 is 5.32 Å². The Kier molecular flexibility index (Phi) is 6.79. The van der Waals surface area contributed by atoms with Crippen LogP contribution in [0.3, 0.4) is 0 Å². The Morgan fingerprint density at radius 2 is 1.96 bits per heavy atom. The summed E-state index contributed by atoms with van der Waals surface area (Å²) in [6, 6.07) is 15.6. The van der Waals surface area contributed by atoms with Gasteiger partial charge >= 0.3 is 0 Å². The summed E-state index contributed by atoms with van der Waals surface area (Å²) in [5.74, 6) is -0.157. The maximum atomic E-state index is 12.1. The van der Waals surface area contributed by atoms with Crippen molar-refractivity contribution in [3.63, 3.8) is 0 Å². The second-order valence-corrected chi connectivity index (χ2v) is 7.90. The monoisotopic (exact) mass is 403 g/mol. The lowest BCUT2D eigenvalue weighted by molar-refractivity contribution is -0.126. The van der Waals surface area contributed by atoms with Crippen molar-refractivity contribution in [2.75, 3.05) is 27.2 Å². The summed E-state index contributed by atoms with van der Waals surface area (Å²) in [6.07, 6.45) is 0. The molecule has 2 aromatic carbocycles. The molecule has 1 N–H and O–H groups in total. The molecule has 7 heteroatoms. The van der Waals surface area contributed by atoms with Gasteiger partial charge in [0.25, 0.3) is 0 Å². The highest BCUT2D eigenvalue weighted by Crippen LogP contribution is 2.25. The topological polar surface area (TPSA) is 54.5 Å². The number of hydrogen-bond acceptors (Lipinski definition) is 5. The maximum Gasteiger partial charge on any atom is 0.246 e. The van der Waals surface area contributed by atoms with E-state index in [-0.39, 0.29) is 18.6 Å². The molecule has 3 rings (SSSR count). The van der Waals surface area contributed by atoms with Gasteiger partial charge in [-0.25, -0.2) is 4.98 Å². The lowest BCUT2D eigenvalue weighted by atomic mass is 10.1. The molecule has 1 unspecified atom stereocenters. The number of likely N-dealkylation sites (N-methyl/N-ethyl adjacent to an activating group) is 1. The summed E-state index contributed by atoms with van der Waals surface area (Å²) in [6.45, 7) is 0.785. The summed E-state index contributed by atoms with van der Waals surface area (Å²) in [5.41, 5.74) is 1.94. The van der Waals surface area contributed by atoms with E-state index in [0.717, 1.165) is 20.8 Å². The Morgan fingerprint density at radius 3 is 2.70 bits per heavy atom. The second-order valence-electron chi connectivity index (χ2n) is 6.37. The minimum atomic E-state index is -0.157. The third-order valence-electron chi connectivity index (χ3n) is 4.18. The van der Waals surface area contributed by atoms with Crippen LogP contribution in [-0.2, 0) is 16.1 Å². The molecule has 0 aliphatic rings. The molecule has 0 fully saturated rings. The number of fused-ring (bicyclic) bond motifs is 1. The molecular formula is C20H22ClN3O2S. The molecule has 1 atom stereocenters. The van der Waals surface area contributed by atoms with E-state index < -0.39 is 0 Å². The minimum absolute atomic E-state index is 0.00139. The van der Waals surface area contributed by atoms with Crippen LogP contribution in [-0.4, -0.2) is 43.0 Å². The van der Waals surface area contributed by atoms with Gasteiger partial charge < -0.3 is 15.0 Å². The molecule has 27 heavy (non-hydrogen) atoms. The fourth-order valence-electron chi connectivity index (χ4n) is 2.79. The fraction of sp³-hybridized carbons (Fsp3) is 0.300. The van der Waals surface area contributed by atoms with E-state index in [9.17, 15) is 4.79 Å². The van der Waals surface area contributed by atoms with Crippen molar-refractivity contribution in [1.29, 1.82) is 0 Å². The van der Waals surface area contributed by atoms with Gasteiger partial charge in [0, 0.05) is 11.6 Å². The summed E-state index contributed by atoms with van der Waals surface area (Å²) in [7, 11) is 3.92. The largest absolute Gasteiger partial charge is 0.364 e. The highest BCUT2D eigenvalue weighted by Gasteiger charge is 2.17. The van der Waals surface area contributed by atoms with Gasteiger partial charge in [-0.3, -0.25) is 4.79 Å². The van der Waals surface area contributed by atoms with Gasteiger partial charge in [0.05, 0.1) is 22.9 Å². The molecule has 0 saturated heterocycles. The highest BCUT2D eigenvalue weighted by atomic mass is 35.5. The molecule has 1 aromatic heterocycles. The Hall–Kier alpha value is -1.99. The van der Waals surface area contributed by atoms with Gasteiger partial charge in [-0.05, 0) is 37.9 Å². The molecule has 0 saturated carbocycles. The van der Waals surface area contributed by atoms with E-state index >= 15 is 0 Å². The quantitative estimate of drug-likeness (QED) is 0.620. The number of carbonyl (C=O) groups is 1. The van der Waals surface area contributed by atoms with Crippen LogP contribution in [0.15, 0.2) is 48.5 Å². The maximum absolute atomic E-state index is 12.1. The van der Waals surface area contributed by atoms with Crippen LogP contribution in [0.2, 0.25) is 5.02 Å². The van der Waals surface area contributed by atoms with E-state index in [0.29, 0.717) is 18.2 Å². The number of rotatable bonds is 8. The highest BCUT2D eigenvalue weighted by molar-refractivity contribution is 7.18. The number of nitrogens with one attached hydrogen (secondary N) is 1. The summed E-state index contributed by atoms with van der Waals surface area (Å²) >= 11 is 7.87. The zero-order valence-corrected chi connectivity index (χ0v) is 16.9. The van der Waals surface area contributed by atoms with Crippen LogP contribution in [0.4, 0.5) is 0 Å². The smallest absolute Gasteiger partial charge is 0.246 e. The van der Waals surface area contributed by atoms with Crippen LogP contribution in [0, 0.1) is 0 Å². The first-order valence-corrected chi connectivity index (χ1v) is 9.84. The fourth-order valence-corrected chi connectivity index (χ4v) is 3.96. The zero-order valence-electron chi connectivity index (χ0n) is 15.3. The summed E-state index contributed by atoms with van der Waals surface area (Å²) in [4.78, 5) is 18.7. The first-order valence-electron chi connectivity index (χ1n) is 8.64. The van der Waals surface area contributed by atoms with Gasteiger partial charge in [-0.15, -0.1) is 11.3 Å². The average molecular weight is 404 g/mol. The number of ether oxygens (including phenoxy) is 1. The summed E-state index contributed by atoms with van der Waals surface area (Å²) < 4.78 is 6.65. The molecule has 142 valence electrons. The van der Waals surface area contributed by atoms with Crippen molar-refractivity contribution in [2.24, 2.45) is 0 Å². The van der Waals surface area contributed by atoms with Crippen LogP contribution in [0.25, 0.3) is 10.2 Å². The number of carbonyl (C=O) groups excluding carboxylic acids is 1. The molecule has 0 spiro atoms. The normalized spacial score (nSPS) is 12.4. The molecular weight excluding hydrogens is 382 g/mol. The van der Waals surface area contributed by atoms with Crippen LogP contribution in [0.5, 0.6) is 0 Å². The predicted molar refractivity (Wildman–Crippen MR) is 110 cm³/mol. The van der Waals surface area contributed by atoms with E-state index in [1.807, 2.05) is 67.5 Å². The van der Waals surface area contributed by atoms with Gasteiger partial charge in [0.15, 0.2) is 0 Å². The number of amides is 1. The molecule has 1 amide bonds. The number of hydrogen-bond donors (Lipinski definition) is 1. The molecule has 5 nitrogen and oxygen atoms in total. The van der Waals surface area contributed by atoms with Crippen molar-refractivity contribution in [3.05, 3.63) is 64.1 Å². The van der Waals surface area contributed by atoms with E-state index in [4.69, 9.17) is 16.3 Å². The lowest BCUT2D eigenvalue weighted by Gasteiger charge is -2.26. The number of thiazole rings is 1. The first-order chi connectivity index (χ1) is 13.0. The van der Waals surface area contributed by atoms with E-state index in [2.05, 4.69) is 10.3 Å². The number of benzene rings is 2. The van der Waals surface area contributed by atoms with E-state index in [1.54, 1.807) is 11.3 Å². The van der Waals surface area contributed by atoms with Crippen molar-refractivity contribution < 1.29 is 9.53 Å². The van der Waals surface area contributed by atoms with E-state index in [1.165, 1.54) is 0 Å². The second kappa shape index (κ2) is 9.28. The van der Waals surface area contributed by atoms with Gasteiger partial charge in [-0.2, -0.15) is 0 Å². The molecule has 3 aromatic rings. The molecule has 0 radical (unpaired) electrons. The minimum Gasteiger partial charge on any atom is -0.364 e. The Bertz CT molecular complexity index is 880. The molecule has 0 aliphatic carbocycles. The Morgan fingerprint density at radius 1 is 1.22 bits per heavy atom. The van der Waals surface area contributed by atoms with Crippen molar-refractivity contribution in [2.45, 2.75) is 12.6 Å². The first kappa shape index (κ1) is 19.8. The third kappa shape index (κ3) is 5.26. The Labute approximate surface area is 167 Å². The van der Waals surface area contributed by atoms with Crippen molar-refractivity contribution in [3.8, 4) is 0 Å². The average Bonchev–Trinajstić information content (AvgIpc) is 3.06. The predicted octanol–water partition coefficient (Wildman–Crippen LogP) is 3.89. The zero-order chi connectivity index (χ0) is 19.2.